The van der Waals surface area contributed by atoms with Crippen molar-refractivity contribution in [3.8, 4) is 0 Å². The van der Waals surface area contributed by atoms with Crippen molar-refractivity contribution in [2.45, 2.75) is 76.7 Å². The van der Waals surface area contributed by atoms with E-state index >= 15 is 0 Å². The minimum atomic E-state index is -4.41. The summed E-state index contributed by atoms with van der Waals surface area (Å²) in [5, 5.41) is 19.4. The average Bonchev–Trinajstić information content (AvgIpc) is 3.42. The molecule has 32 heavy (non-hydrogen) atoms. The molecule has 3 atom stereocenters. The van der Waals surface area contributed by atoms with E-state index in [1.807, 2.05) is 13.8 Å². The molecular weight excluding hydrogens is 431 g/mol. The van der Waals surface area contributed by atoms with Crippen LogP contribution in [0.3, 0.4) is 0 Å². The topological polar surface area (TPSA) is 127 Å². The van der Waals surface area contributed by atoms with E-state index in [1.165, 1.54) is 0 Å². The van der Waals surface area contributed by atoms with Crippen LogP contribution >= 0.6 is 0 Å². The van der Waals surface area contributed by atoms with Gasteiger partial charge in [-0.1, -0.05) is 12.1 Å². The lowest BCUT2D eigenvalue weighted by atomic mass is 10.0. The number of hydrogen-bond acceptors (Lipinski definition) is 6. The predicted molar refractivity (Wildman–Crippen MR) is 107 cm³/mol. The molecule has 0 radical (unpaired) electrons. The van der Waals surface area contributed by atoms with Crippen molar-refractivity contribution >= 4 is 17.8 Å². The minimum Gasteiger partial charge on any atom is -0.447 e. The Bertz CT molecular complexity index is 927. The fourth-order valence-corrected chi connectivity index (χ4v) is 3.50. The molecule has 1 saturated carbocycles. The maximum absolute atomic E-state index is 12.4. The quantitative estimate of drug-likeness (QED) is 0.560. The van der Waals surface area contributed by atoms with Gasteiger partial charge in [-0.15, -0.1) is 5.10 Å². The summed E-state index contributed by atoms with van der Waals surface area (Å²) in [5.74, 6) is -0.0227. The molecule has 2 heterocycles. The van der Waals surface area contributed by atoms with Crippen LogP contribution in [0.25, 0.3) is 0 Å². The number of alkyl halides is 3. The molecule has 0 aromatic carbocycles. The number of carbonyl (C=O) groups excluding carboxylic acids is 2. The van der Waals surface area contributed by atoms with Gasteiger partial charge in [-0.25, -0.2) is 9.48 Å². The predicted octanol–water partition coefficient (Wildman–Crippen LogP) is 2.91. The molecule has 1 aliphatic carbocycles. The number of carbonyl (C=O) groups is 2. The maximum Gasteiger partial charge on any atom is 0.408 e. The Balaban J connectivity index is 1.46. The van der Waals surface area contributed by atoms with Crippen LogP contribution in [-0.4, -0.2) is 55.5 Å². The number of H-pyrrole nitrogens is 1. The van der Waals surface area contributed by atoms with E-state index in [1.54, 1.807) is 6.07 Å². The summed E-state index contributed by atoms with van der Waals surface area (Å²) in [4.78, 5) is 24.1. The van der Waals surface area contributed by atoms with Gasteiger partial charge in [0.1, 0.15) is 12.6 Å². The second kappa shape index (κ2) is 10.0. The molecule has 0 unspecified atom stereocenters. The SMILES string of the molecule is CC[C@H](C)OC(=O)N[C@@H]1CC[C@H](c2cc(NC(=O)Cc3cn(CC(F)(F)F)nn3)n[nH]2)C1. The number of alkyl carbamates (subject to hydrolysis) is 1. The summed E-state index contributed by atoms with van der Waals surface area (Å²) in [6.07, 6.45) is -1.02. The molecule has 3 rings (SSSR count). The summed E-state index contributed by atoms with van der Waals surface area (Å²) in [6, 6.07) is 1.71. The highest BCUT2D eigenvalue weighted by molar-refractivity contribution is 5.91. The van der Waals surface area contributed by atoms with Gasteiger partial charge in [-0.05, 0) is 32.6 Å². The van der Waals surface area contributed by atoms with Crippen LogP contribution in [0.2, 0.25) is 0 Å². The van der Waals surface area contributed by atoms with Gasteiger partial charge in [0.15, 0.2) is 5.82 Å². The number of anilines is 1. The third-order valence-corrected chi connectivity index (χ3v) is 5.21. The van der Waals surface area contributed by atoms with Crippen molar-refractivity contribution < 1.29 is 27.5 Å². The highest BCUT2D eigenvalue weighted by Gasteiger charge is 2.30. The zero-order valence-corrected chi connectivity index (χ0v) is 17.8. The van der Waals surface area contributed by atoms with Crippen molar-refractivity contribution in [3.05, 3.63) is 23.7 Å². The van der Waals surface area contributed by atoms with Crippen LogP contribution in [0.4, 0.5) is 23.8 Å². The first-order chi connectivity index (χ1) is 15.1. The number of amides is 2. The Hall–Kier alpha value is -3.12. The van der Waals surface area contributed by atoms with Crippen LogP contribution in [0.15, 0.2) is 12.3 Å². The molecule has 2 amide bonds. The number of ether oxygens (including phenoxy) is 1. The van der Waals surface area contributed by atoms with Crippen molar-refractivity contribution in [2.75, 3.05) is 5.32 Å². The molecule has 2 aromatic heterocycles. The fraction of sp³-hybridized carbons (Fsp3) is 0.632. The Morgan fingerprint density at radius 1 is 1.38 bits per heavy atom. The van der Waals surface area contributed by atoms with E-state index < -0.39 is 24.7 Å². The lowest BCUT2D eigenvalue weighted by Gasteiger charge is -2.16. The third-order valence-electron chi connectivity index (χ3n) is 5.21. The minimum absolute atomic E-state index is 0.00259. The van der Waals surface area contributed by atoms with E-state index in [0.29, 0.717) is 16.9 Å². The molecule has 1 aliphatic rings. The normalized spacial score (nSPS) is 19.5. The van der Waals surface area contributed by atoms with Crippen LogP contribution in [0, 0.1) is 0 Å². The Kier molecular flexibility index (Phi) is 7.36. The largest absolute Gasteiger partial charge is 0.447 e. The molecule has 10 nitrogen and oxygen atoms in total. The Morgan fingerprint density at radius 3 is 2.88 bits per heavy atom. The van der Waals surface area contributed by atoms with Gasteiger partial charge in [0, 0.05) is 29.9 Å². The summed E-state index contributed by atoms with van der Waals surface area (Å²) in [6.45, 7) is 2.51. The second-order valence-electron chi connectivity index (χ2n) is 7.93. The highest BCUT2D eigenvalue weighted by Crippen LogP contribution is 2.34. The average molecular weight is 457 g/mol. The maximum atomic E-state index is 12.4. The Labute approximate surface area is 182 Å². The summed E-state index contributed by atoms with van der Waals surface area (Å²) < 4.78 is 43.0. The van der Waals surface area contributed by atoms with Gasteiger partial charge in [0.2, 0.25) is 5.91 Å². The lowest BCUT2D eigenvalue weighted by Crippen LogP contribution is -2.35. The molecule has 3 N–H and O–H groups in total. The standard InChI is InChI=1S/C19H26F3N7O3/c1-3-11(2)32-18(31)23-13-5-4-12(6-13)15-8-16(27-26-15)24-17(30)7-14-9-29(28-25-14)10-19(20,21)22/h8-9,11-13H,3-7,10H2,1-2H3,(H,23,31)(H2,24,26,27,30)/t11-,12-,13+/m0/s1. The van der Waals surface area contributed by atoms with E-state index in [9.17, 15) is 22.8 Å². The van der Waals surface area contributed by atoms with Gasteiger partial charge >= 0.3 is 12.3 Å². The van der Waals surface area contributed by atoms with Crippen molar-refractivity contribution in [2.24, 2.45) is 0 Å². The van der Waals surface area contributed by atoms with Gasteiger partial charge in [-0.3, -0.25) is 9.89 Å². The molecular formula is C19H26F3N7O3. The van der Waals surface area contributed by atoms with Gasteiger partial charge < -0.3 is 15.4 Å². The van der Waals surface area contributed by atoms with Crippen molar-refractivity contribution in [1.29, 1.82) is 0 Å². The van der Waals surface area contributed by atoms with Crippen LogP contribution in [0.1, 0.15) is 56.8 Å². The molecule has 0 bridgehead atoms. The second-order valence-corrected chi connectivity index (χ2v) is 7.93. The van der Waals surface area contributed by atoms with Crippen LogP contribution < -0.4 is 10.6 Å². The molecule has 0 saturated heterocycles. The van der Waals surface area contributed by atoms with E-state index in [-0.39, 0.29) is 30.2 Å². The van der Waals surface area contributed by atoms with Crippen molar-refractivity contribution in [3.63, 3.8) is 0 Å². The number of rotatable bonds is 8. The number of hydrogen-bond donors (Lipinski definition) is 3. The number of aromatic nitrogens is 5. The third kappa shape index (κ3) is 6.95. The van der Waals surface area contributed by atoms with Crippen LogP contribution in [-0.2, 0) is 22.5 Å². The molecule has 176 valence electrons. The summed E-state index contributed by atoms with van der Waals surface area (Å²) >= 11 is 0. The van der Waals surface area contributed by atoms with E-state index in [0.717, 1.165) is 31.2 Å². The summed E-state index contributed by atoms with van der Waals surface area (Å²) in [5.41, 5.74) is 0.951. The van der Waals surface area contributed by atoms with Crippen molar-refractivity contribution in [1.82, 2.24) is 30.5 Å². The van der Waals surface area contributed by atoms with E-state index in [2.05, 4.69) is 31.1 Å². The fourth-order valence-electron chi connectivity index (χ4n) is 3.50. The van der Waals surface area contributed by atoms with Gasteiger partial charge in [0.05, 0.1) is 12.1 Å². The zero-order chi connectivity index (χ0) is 23.3. The molecule has 2 aromatic rings. The molecule has 13 heteroatoms. The van der Waals surface area contributed by atoms with Gasteiger partial charge in [-0.2, -0.15) is 18.3 Å². The smallest absolute Gasteiger partial charge is 0.408 e. The number of aromatic amines is 1. The monoisotopic (exact) mass is 457 g/mol. The number of nitrogens with zero attached hydrogens (tertiary/aromatic N) is 4. The number of halogens is 3. The first kappa shape index (κ1) is 23.5. The molecule has 1 fully saturated rings. The van der Waals surface area contributed by atoms with E-state index in [4.69, 9.17) is 4.74 Å². The Morgan fingerprint density at radius 2 is 2.16 bits per heavy atom. The summed E-state index contributed by atoms with van der Waals surface area (Å²) in [7, 11) is 0. The zero-order valence-electron chi connectivity index (χ0n) is 17.8. The highest BCUT2D eigenvalue weighted by atomic mass is 19.4. The lowest BCUT2D eigenvalue weighted by molar-refractivity contribution is -0.142. The van der Waals surface area contributed by atoms with Crippen LogP contribution in [0.5, 0.6) is 0 Å². The first-order valence-electron chi connectivity index (χ1n) is 10.4. The molecule has 0 aliphatic heterocycles. The first-order valence-corrected chi connectivity index (χ1v) is 10.4. The molecule has 0 spiro atoms. The number of nitrogens with one attached hydrogen (secondary N) is 3. The van der Waals surface area contributed by atoms with Gasteiger partial charge in [0.25, 0.3) is 0 Å².